The highest BCUT2D eigenvalue weighted by atomic mass is 31.1. The van der Waals surface area contributed by atoms with E-state index in [2.05, 4.69) is 27.7 Å². The predicted octanol–water partition coefficient (Wildman–Crippen LogP) is 4.86. The molecule has 0 aromatic carbocycles. The molecule has 1 aliphatic carbocycles. The lowest BCUT2D eigenvalue weighted by molar-refractivity contribution is 0.437. The Bertz CT molecular complexity index is 187. The van der Waals surface area contributed by atoms with E-state index in [9.17, 15) is 0 Å². The van der Waals surface area contributed by atoms with Gasteiger partial charge in [0, 0.05) is 0 Å². The van der Waals surface area contributed by atoms with Gasteiger partial charge in [-0.3, -0.25) is 0 Å². The molecule has 0 aromatic heterocycles. The van der Waals surface area contributed by atoms with Crippen LogP contribution >= 0.6 is 7.92 Å². The van der Waals surface area contributed by atoms with Crippen LogP contribution in [-0.4, -0.2) is 17.0 Å². The Morgan fingerprint density at radius 2 is 1.33 bits per heavy atom. The topological polar surface area (TPSA) is 0 Å². The molecule has 1 aliphatic heterocycles. The van der Waals surface area contributed by atoms with Crippen LogP contribution in [0.5, 0.6) is 0 Å². The van der Waals surface area contributed by atoms with Crippen LogP contribution in [0.4, 0.5) is 0 Å². The molecule has 0 aromatic rings. The van der Waals surface area contributed by atoms with E-state index in [0.717, 1.165) is 28.8 Å². The van der Waals surface area contributed by atoms with Crippen molar-refractivity contribution in [2.75, 3.05) is 0 Å². The Labute approximate surface area is 97.0 Å². The van der Waals surface area contributed by atoms with Gasteiger partial charge in [0.25, 0.3) is 0 Å². The standard InChI is InChI=1S/C14H27P/c1-10(2)13-9-14(11(3)4)15(13)12-7-5-6-8-12/h10-14H,5-9H2,1-4H3/t13-,14-/m0/s1. The summed E-state index contributed by atoms with van der Waals surface area (Å²) in [4.78, 5) is 0. The molecular formula is C14H27P. The van der Waals surface area contributed by atoms with Crippen molar-refractivity contribution in [1.29, 1.82) is 0 Å². The third-order valence-electron chi connectivity index (χ3n) is 4.53. The summed E-state index contributed by atoms with van der Waals surface area (Å²) in [6.07, 6.45) is 7.74. The van der Waals surface area contributed by atoms with Crippen molar-refractivity contribution in [3.05, 3.63) is 0 Å². The zero-order valence-corrected chi connectivity index (χ0v) is 11.8. The maximum absolute atomic E-state index is 2.45. The van der Waals surface area contributed by atoms with Crippen molar-refractivity contribution < 1.29 is 0 Å². The molecule has 0 amide bonds. The molecule has 0 bridgehead atoms. The van der Waals surface area contributed by atoms with Crippen molar-refractivity contribution in [2.45, 2.75) is 76.8 Å². The van der Waals surface area contributed by atoms with Crippen LogP contribution in [0.3, 0.4) is 0 Å². The molecule has 88 valence electrons. The minimum absolute atomic E-state index is 0.395. The summed E-state index contributed by atoms with van der Waals surface area (Å²) in [6.45, 7) is 9.80. The van der Waals surface area contributed by atoms with E-state index >= 15 is 0 Å². The molecule has 0 N–H and O–H groups in total. The summed E-state index contributed by atoms with van der Waals surface area (Å²) in [5.41, 5.74) is 3.40. The van der Waals surface area contributed by atoms with Crippen molar-refractivity contribution in [1.82, 2.24) is 0 Å². The Balaban J connectivity index is 2.01. The Kier molecular flexibility index (Phi) is 3.76. The summed E-state index contributed by atoms with van der Waals surface area (Å²) in [5.74, 6) is 1.90. The van der Waals surface area contributed by atoms with Crippen LogP contribution in [-0.2, 0) is 0 Å². The summed E-state index contributed by atoms with van der Waals surface area (Å²) < 4.78 is 0. The molecule has 0 radical (unpaired) electrons. The Morgan fingerprint density at radius 1 is 0.867 bits per heavy atom. The number of hydrogen-bond donors (Lipinski definition) is 0. The Morgan fingerprint density at radius 3 is 1.73 bits per heavy atom. The van der Waals surface area contributed by atoms with Crippen LogP contribution in [0.15, 0.2) is 0 Å². The van der Waals surface area contributed by atoms with Crippen LogP contribution in [0.25, 0.3) is 0 Å². The zero-order chi connectivity index (χ0) is 11.0. The van der Waals surface area contributed by atoms with Crippen LogP contribution in [0.2, 0.25) is 0 Å². The molecule has 1 heteroatoms. The van der Waals surface area contributed by atoms with Gasteiger partial charge in [-0.25, -0.2) is 0 Å². The van der Waals surface area contributed by atoms with E-state index in [-0.39, 0.29) is 0 Å². The van der Waals surface area contributed by atoms with E-state index in [1.807, 2.05) is 0 Å². The molecule has 2 fully saturated rings. The van der Waals surface area contributed by atoms with E-state index in [0.29, 0.717) is 7.92 Å². The van der Waals surface area contributed by atoms with Crippen molar-refractivity contribution in [3.63, 3.8) is 0 Å². The lowest BCUT2D eigenvalue weighted by Gasteiger charge is -2.53. The third-order valence-corrected chi connectivity index (χ3v) is 9.04. The highest BCUT2D eigenvalue weighted by Gasteiger charge is 2.47. The molecule has 0 unspecified atom stereocenters. The normalized spacial score (nSPS) is 34.0. The molecule has 15 heavy (non-hydrogen) atoms. The second-order valence-electron chi connectivity index (χ2n) is 6.24. The first-order valence-electron chi connectivity index (χ1n) is 6.88. The van der Waals surface area contributed by atoms with Gasteiger partial charge in [0.1, 0.15) is 0 Å². The van der Waals surface area contributed by atoms with Gasteiger partial charge in [0.15, 0.2) is 0 Å². The highest BCUT2D eigenvalue weighted by molar-refractivity contribution is 7.61. The molecule has 0 spiro atoms. The number of rotatable bonds is 3. The lowest BCUT2D eigenvalue weighted by atomic mass is 9.98. The lowest BCUT2D eigenvalue weighted by Crippen LogP contribution is -2.40. The maximum atomic E-state index is 2.45. The summed E-state index contributed by atoms with van der Waals surface area (Å²) >= 11 is 0. The fourth-order valence-electron chi connectivity index (χ4n) is 3.58. The van der Waals surface area contributed by atoms with Gasteiger partial charge in [-0.05, 0) is 48.1 Å². The van der Waals surface area contributed by atoms with Crippen molar-refractivity contribution in [2.24, 2.45) is 11.8 Å². The van der Waals surface area contributed by atoms with Crippen molar-refractivity contribution >= 4 is 7.92 Å². The smallest absolute Gasteiger partial charge is 0.0175 e. The van der Waals surface area contributed by atoms with Gasteiger partial charge < -0.3 is 0 Å². The van der Waals surface area contributed by atoms with Gasteiger partial charge in [-0.2, -0.15) is 0 Å². The summed E-state index contributed by atoms with van der Waals surface area (Å²) in [7, 11) is 0.395. The van der Waals surface area contributed by atoms with E-state index in [4.69, 9.17) is 0 Å². The molecule has 0 nitrogen and oxygen atoms in total. The Hall–Kier alpha value is 0.430. The molecule has 1 heterocycles. The van der Waals surface area contributed by atoms with Gasteiger partial charge >= 0.3 is 0 Å². The van der Waals surface area contributed by atoms with E-state index in [1.54, 1.807) is 19.3 Å². The molecule has 2 atom stereocenters. The second-order valence-corrected chi connectivity index (χ2v) is 9.20. The largest absolute Gasteiger partial charge is 0.0966 e. The number of hydrogen-bond acceptors (Lipinski definition) is 0. The third kappa shape index (κ3) is 2.26. The second kappa shape index (κ2) is 4.74. The molecule has 2 rings (SSSR count). The summed E-state index contributed by atoms with van der Waals surface area (Å²) in [5, 5.41) is 0. The van der Waals surface area contributed by atoms with Gasteiger partial charge in [0.05, 0.1) is 0 Å². The fourth-order valence-corrected chi connectivity index (χ4v) is 8.04. The summed E-state index contributed by atoms with van der Waals surface area (Å²) in [6, 6.07) is 0. The average Bonchev–Trinajstić information content (AvgIpc) is 2.53. The van der Waals surface area contributed by atoms with Gasteiger partial charge in [-0.15, -0.1) is 0 Å². The minimum atomic E-state index is 0.395. The molecular weight excluding hydrogens is 199 g/mol. The minimum Gasteiger partial charge on any atom is -0.0966 e. The first-order valence-corrected chi connectivity index (χ1v) is 8.43. The predicted molar refractivity (Wildman–Crippen MR) is 71.0 cm³/mol. The monoisotopic (exact) mass is 226 g/mol. The highest BCUT2D eigenvalue weighted by Crippen LogP contribution is 2.69. The zero-order valence-electron chi connectivity index (χ0n) is 10.9. The molecule has 1 saturated heterocycles. The maximum Gasteiger partial charge on any atom is -0.0175 e. The van der Waals surface area contributed by atoms with Gasteiger partial charge in [-0.1, -0.05) is 48.5 Å². The first-order chi connectivity index (χ1) is 7.11. The SMILES string of the molecule is CC(C)[C@@H]1C[C@@H](C(C)C)P1C1CCCC1. The van der Waals surface area contributed by atoms with Gasteiger partial charge in [0.2, 0.25) is 0 Å². The van der Waals surface area contributed by atoms with Crippen LogP contribution in [0.1, 0.15) is 59.8 Å². The van der Waals surface area contributed by atoms with E-state index in [1.165, 1.54) is 12.8 Å². The average molecular weight is 226 g/mol. The van der Waals surface area contributed by atoms with Crippen LogP contribution < -0.4 is 0 Å². The molecule has 2 aliphatic rings. The van der Waals surface area contributed by atoms with Crippen LogP contribution in [0, 0.1) is 11.8 Å². The fraction of sp³-hybridized carbons (Fsp3) is 1.00. The molecule has 1 saturated carbocycles. The first kappa shape index (κ1) is 11.9. The quantitative estimate of drug-likeness (QED) is 0.603. The van der Waals surface area contributed by atoms with Crippen molar-refractivity contribution in [3.8, 4) is 0 Å². The van der Waals surface area contributed by atoms with E-state index < -0.39 is 0 Å².